The highest BCUT2D eigenvalue weighted by Crippen LogP contribution is 2.08. The molecule has 6 nitrogen and oxygen atoms in total. The summed E-state index contributed by atoms with van der Waals surface area (Å²) in [4.78, 5) is 0. The van der Waals surface area contributed by atoms with Crippen LogP contribution in [0.1, 0.15) is 20.3 Å². The molecule has 3 N–H and O–H groups in total. The first-order chi connectivity index (χ1) is 6.89. The normalized spacial score (nSPS) is 16.3. The first-order valence-corrected chi connectivity index (χ1v) is 6.26. The predicted molar refractivity (Wildman–Crippen MR) is 57.7 cm³/mol. The van der Waals surface area contributed by atoms with Crippen LogP contribution in [0.25, 0.3) is 0 Å². The maximum atomic E-state index is 11.4. The number of hydrogen-bond acceptors (Lipinski definition) is 4. The zero-order valence-electron chi connectivity index (χ0n) is 9.41. The molecule has 0 amide bonds. The van der Waals surface area contributed by atoms with E-state index in [-0.39, 0.29) is 13.2 Å². The fourth-order valence-electron chi connectivity index (χ4n) is 0.855. The van der Waals surface area contributed by atoms with E-state index >= 15 is 0 Å². The highest BCUT2D eigenvalue weighted by atomic mass is 32.2. The van der Waals surface area contributed by atoms with Gasteiger partial charge in [0.15, 0.2) is 0 Å². The Bertz CT molecular complexity index is 262. The molecular weight excluding hydrogens is 220 g/mol. The second-order valence-electron chi connectivity index (χ2n) is 3.56. The van der Waals surface area contributed by atoms with Crippen molar-refractivity contribution in [3.05, 3.63) is 0 Å². The molecule has 0 fully saturated rings. The molecule has 0 aromatic carbocycles. The molecule has 92 valence electrons. The quantitative estimate of drug-likeness (QED) is 0.486. The Morgan fingerprint density at radius 2 is 2.07 bits per heavy atom. The van der Waals surface area contributed by atoms with E-state index < -0.39 is 15.7 Å². The molecule has 7 heteroatoms. The van der Waals surface area contributed by atoms with Gasteiger partial charge in [-0.15, -0.1) is 0 Å². The molecule has 0 aliphatic carbocycles. The fourth-order valence-corrected chi connectivity index (χ4v) is 2.14. The summed E-state index contributed by atoms with van der Waals surface area (Å²) in [6.45, 7) is 3.71. The molecule has 0 aliphatic rings. The monoisotopic (exact) mass is 240 g/mol. The third kappa shape index (κ3) is 6.06. The third-order valence-electron chi connectivity index (χ3n) is 2.11. The van der Waals surface area contributed by atoms with Gasteiger partial charge in [0.2, 0.25) is 0 Å². The number of methoxy groups -OCH3 is 1. The fraction of sp³-hybridized carbons (Fsp3) is 1.00. The molecule has 0 heterocycles. The van der Waals surface area contributed by atoms with Crippen molar-refractivity contribution in [3.63, 3.8) is 0 Å². The van der Waals surface area contributed by atoms with Crippen LogP contribution in [0.4, 0.5) is 0 Å². The van der Waals surface area contributed by atoms with E-state index in [1.54, 1.807) is 13.8 Å². The highest BCUT2D eigenvalue weighted by Gasteiger charge is 2.26. The highest BCUT2D eigenvalue weighted by molar-refractivity contribution is 7.87. The second kappa shape index (κ2) is 6.39. The van der Waals surface area contributed by atoms with Gasteiger partial charge in [0, 0.05) is 13.7 Å². The van der Waals surface area contributed by atoms with E-state index in [0.29, 0.717) is 13.0 Å². The molecule has 0 bridgehead atoms. The number of aliphatic hydroxyl groups excluding tert-OH is 1. The molecule has 0 radical (unpaired) electrons. The van der Waals surface area contributed by atoms with E-state index in [9.17, 15) is 8.42 Å². The van der Waals surface area contributed by atoms with Crippen molar-refractivity contribution in [1.82, 2.24) is 9.44 Å². The zero-order valence-corrected chi connectivity index (χ0v) is 10.2. The molecule has 0 aliphatic heterocycles. The van der Waals surface area contributed by atoms with Crippen molar-refractivity contribution in [2.45, 2.75) is 25.8 Å². The van der Waals surface area contributed by atoms with Crippen molar-refractivity contribution in [2.24, 2.45) is 0 Å². The van der Waals surface area contributed by atoms with Crippen molar-refractivity contribution in [2.75, 3.05) is 26.9 Å². The van der Waals surface area contributed by atoms with Crippen molar-refractivity contribution in [1.29, 1.82) is 0 Å². The van der Waals surface area contributed by atoms with E-state index in [2.05, 4.69) is 9.44 Å². The third-order valence-corrected chi connectivity index (χ3v) is 3.45. The average molecular weight is 240 g/mol. The number of hydrogen-bond donors (Lipinski definition) is 3. The molecule has 0 rings (SSSR count). The number of ether oxygens (including phenoxy) is 1. The lowest BCUT2D eigenvalue weighted by Crippen LogP contribution is -2.52. The van der Waals surface area contributed by atoms with E-state index in [4.69, 9.17) is 9.84 Å². The number of aliphatic hydroxyl groups is 1. The van der Waals surface area contributed by atoms with Crippen LogP contribution < -0.4 is 9.44 Å². The van der Waals surface area contributed by atoms with E-state index in [1.807, 2.05) is 0 Å². The molecule has 0 saturated carbocycles. The Morgan fingerprint density at radius 3 is 2.47 bits per heavy atom. The van der Waals surface area contributed by atoms with Crippen LogP contribution in [0.3, 0.4) is 0 Å². The van der Waals surface area contributed by atoms with Crippen LogP contribution >= 0.6 is 0 Å². The van der Waals surface area contributed by atoms with Crippen LogP contribution in [0.2, 0.25) is 0 Å². The molecule has 15 heavy (non-hydrogen) atoms. The van der Waals surface area contributed by atoms with Gasteiger partial charge in [-0.3, -0.25) is 0 Å². The molecule has 0 spiro atoms. The molecule has 0 aromatic rings. The first kappa shape index (κ1) is 14.8. The number of nitrogens with one attached hydrogen (secondary N) is 2. The van der Waals surface area contributed by atoms with Gasteiger partial charge in [0.1, 0.15) is 0 Å². The topological polar surface area (TPSA) is 87.7 Å². The summed E-state index contributed by atoms with van der Waals surface area (Å²) < 4.78 is 32.3. The summed E-state index contributed by atoms with van der Waals surface area (Å²) in [7, 11) is -2.08. The Balaban J connectivity index is 4.24. The second-order valence-corrected chi connectivity index (χ2v) is 5.06. The maximum Gasteiger partial charge on any atom is 0.277 e. The SMILES string of the molecule is CCC(C)(CO)NS(=O)(=O)NCCOC. The van der Waals surface area contributed by atoms with E-state index in [0.717, 1.165) is 0 Å². The Kier molecular flexibility index (Phi) is 6.30. The van der Waals surface area contributed by atoms with Gasteiger partial charge in [0.05, 0.1) is 18.8 Å². The summed E-state index contributed by atoms with van der Waals surface area (Å²) in [5, 5.41) is 9.04. The van der Waals surface area contributed by atoms with Gasteiger partial charge in [0.25, 0.3) is 10.2 Å². The van der Waals surface area contributed by atoms with E-state index in [1.165, 1.54) is 7.11 Å². The van der Waals surface area contributed by atoms with Crippen LogP contribution in [0.5, 0.6) is 0 Å². The predicted octanol–water partition coefficient (Wildman–Crippen LogP) is -0.782. The van der Waals surface area contributed by atoms with Gasteiger partial charge in [-0.05, 0) is 13.3 Å². The minimum Gasteiger partial charge on any atom is -0.394 e. The smallest absolute Gasteiger partial charge is 0.277 e. The minimum absolute atomic E-state index is 0.205. The lowest BCUT2D eigenvalue weighted by molar-refractivity contribution is 0.189. The van der Waals surface area contributed by atoms with Gasteiger partial charge in [-0.1, -0.05) is 6.92 Å². The summed E-state index contributed by atoms with van der Waals surface area (Å²) in [5.41, 5.74) is -0.821. The number of rotatable bonds is 8. The van der Waals surface area contributed by atoms with Gasteiger partial charge in [-0.2, -0.15) is 17.9 Å². The van der Waals surface area contributed by atoms with Crippen LogP contribution in [-0.4, -0.2) is 45.9 Å². The van der Waals surface area contributed by atoms with Gasteiger partial charge in [-0.25, -0.2) is 0 Å². The Labute approximate surface area is 91.2 Å². The Morgan fingerprint density at radius 1 is 1.47 bits per heavy atom. The van der Waals surface area contributed by atoms with Crippen molar-refractivity contribution >= 4 is 10.2 Å². The molecule has 0 saturated heterocycles. The summed E-state index contributed by atoms with van der Waals surface area (Å²) >= 11 is 0. The van der Waals surface area contributed by atoms with Gasteiger partial charge >= 0.3 is 0 Å². The maximum absolute atomic E-state index is 11.4. The minimum atomic E-state index is -3.58. The zero-order chi connectivity index (χ0) is 11.9. The van der Waals surface area contributed by atoms with Crippen molar-refractivity contribution < 1.29 is 18.3 Å². The standard InChI is InChI=1S/C8H20N2O4S/c1-4-8(2,7-11)10-15(12,13)9-5-6-14-3/h9-11H,4-7H2,1-3H3. The molecule has 1 atom stereocenters. The summed E-state index contributed by atoms with van der Waals surface area (Å²) in [6, 6.07) is 0. The first-order valence-electron chi connectivity index (χ1n) is 4.77. The Hall–Kier alpha value is -0.210. The molecular formula is C8H20N2O4S. The lowest BCUT2D eigenvalue weighted by atomic mass is 10.0. The molecule has 1 unspecified atom stereocenters. The van der Waals surface area contributed by atoms with Crippen LogP contribution in [0.15, 0.2) is 0 Å². The summed E-state index contributed by atoms with van der Waals surface area (Å²) in [5.74, 6) is 0. The summed E-state index contributed by atoms with van der Waals surface area (Å²) in [6.07, 6.45) is 0.509. The van der Waals surface area contributed by atoms with Crippen LogP contribution in [0, 0.1) is 0 Å². The lowest BCUT2D eigenvalue weighted by Gasteiger charge is -2.26. The van der Waals surface area contributed by atoms with Crippen LogP contribution in [-0.2, 0) is 14.9 Å². The molecule has 0 aromatic heterocycles. The van der Waals surface area contributed by atoms with Gasteiger partial charge < -0.3 is 9.84 Å². The average Bonchev–Trinajstić information content (AvgIpc) is 2.17. The van der Waals surface area contributed by atoms with Crippen molar-refractivity contribution in [3.8, 4) is 0 Å². The largest absolute Gasteiger partial charge is 0.394 e.